The van der Waals surface area contributed by atoms with E-state index in [-0.39, 0.29) is 34.9 Å². The first-order chi connectivity index (χ1) is 21.9. The minimum atomic E-state index is -3.99. The second-order valence-corrected chi connectivity index (χ2v) is 13.2. The average molecular weight is 682 g/mol. The van der Waals surface area contributed by atoms with Crippen LogP contribution < -0.4 is 9.64 Å². The number of halogens is 2. The van der Waals surface area contributed by atoms with Gasteiger partial charge in [0.25, 0.3) is 5.91 Å². The average Bonchev–Trinajstić information content (AvgIpc) is 3.58. The van der Waals surface area contributed by atoms with Gasteiger partial charge in [0, 0.05) is 18.3 Å². The highest BCUT2D eigenvalue weighted by Crippen LogP contribution is 2.37. The molecule has 0 N–H and O–H groups in total. The van der Waals surface area contributed by atoms with Gasteiger partial charge in [0.2, 0.25) is 10.0 Å². The van der Waals surface area contributed by atoms with E-state index in [2.05, 4.69) is 0 Å². The van der Waals surface area contributed by atoms with Gasteiger partial charge >= 0.3 is 5.97 Å². The Hall–Kier alpha value is -4.35. The molecule has 9 nitrogen and oxygen atoms in total. The molecule has 0 saturated heterocycles. The summed E-state index contributed by atoms with van der Waals surface area (Å²) >= 11 is 12.3. The monoisotopic (exact) mass is 680 g/mol. The summed E-state index contributed by atoms with van der Waals surface area (Å²) in [5.74, 6) is -0.0734. The number of hydrogen-bond donors (Lipinski definition) is 0. The van der Waals surface area contributed by atoms with Crippen molar-refractivity contribution >= 4 is 56.9 Å². The van der Waals surface area contributed by atoms with E-state index in [9.17, 15) is 18.0 Å². The number of carbonyl (C=O) groups excluding carboxylic acids is 2. The van der Waals surface area contributed by atoms with Crippen LogP contribution in [0.15, 0.2) is 105 Å². The Morgan fingerprint density at radius 1 is 0.935 bits per heavy atom. The maximum atomic E-state index is 13.8. The van der Waals surface area contributed by atoms with Gasteiger partial charge in [-0.1, -0.05) is 53.0 Å². The highest BCUT2D eigenvalue weighted by molar-refractivity contribution is 7.89. The van der Waals surface area contributed by atoms with E-state index in [0.717, 1.165) is 5.56 Å². The van der Waals surface area contributed by atoms with E-state index in [0.29, 0.717) is 38.5 Å². The number of anilines is 1. The van der Waals surface area contributed by atoms with Crippen molar-refractivity contribution in [2.75, 3.05) is 19.1 Å². The van der Waals surface area contributed by atoms with Crippen LogP contribution >= 0.6 is 23.2 Å². The molecule has 0 bridgehead atoms. The highest BCUT2D eigenvalue weighted by Gasteiger charge is 2.38. The Kier molecular flexibility index (Phi) is 9.74. The van der Waals surface area contributed by atoms with Gasteiger partial charge in [0.05, 0.1) is 52.5 Å². The van der Waals surface area contributed by atoms with Crippen LogP contribution in [0.1, 0.15) is 29.6 Å². The lowest BCUT2D eigenvalue weighted by molar-refractivity contribution is -0.136. The lowest BCUT2D eigenvalue weighted by Crippen LogP contribution is -2.30. The molecule has 1 amide bonds. The lowest BCUT2D eigenvalue weighted by Gasteiger charge is -2.22. The smallest absolute Gasteiger partial charge is 0.340 e. The van der Waals surface area contributed by atoms with Crippen molar-refractivity contribution in [1.29, 1.82) is 0 Å². The Morgan fingerprint density at radius 3 is 2.35 bits per heavy atom. The largest absolute Gasteiger partial charge is 0.497 e. The van der Waals surface area contributed by atoms with Crippen LogP contribution in [0.3, 0.4) is 0 Å². The molecule has 0 atom stereocenters. The number of benzene rings is 3. The topological polar surface area (TPSA) is 106 Å². The summed E-state index contributed by atoms with van der Waals surface area (Å²) in [7, 11) is -1.24. The summed E-state index contributed by atoms with van der Waals surface area (Å²) in [5, 5.41) is 0.650. The zero-order chi connectivity index (χ0) is 33.2. The molecule has 2 heterocycles. The van der Waals surface area contributed by atoms with Crippen molar-refractivity contribution < 1.29 is 31.9 Å². The number of rotatable bonds is 10. The zero-order valence-electron chi connectivity index (χ0n) is 25.4. The van der Waals surface area contributed by atoms with Gasteiger partial charge in [-0.25, -0.2) is 13.2 Å². The number of methoxy groups -OCH3 is 2. The van der Waals surface area contributed by atoms with Crippen LogP contribution in [0.2, 0.25) is 10.0 Å². The van der Waals surface area contributed by atoms with Crippen molar-refractivity contribution in [2.45, 2.75) is 31.8 Å². The van der Waals surface area contributed by atoms with Gasteiger partial charge < -0.3 is 13.9 Å². The second-order valence-electron chi connectivity index (χ2n) is 10.5. The van der Waals surface area contributed by atoms with Crippen molar-refractivity contribution in [3.63, 3.8) is 0 Å². The third kappa shape index (κ3) is 6.75. The standard InChI is InChI=1S/C34H30Cl2N2O7S/c1-21-8-13-28(14-9-21)46(41,42)37(19-23-10-15-30(35)31(36)16-23)20-27-12-11-26(45-27)18-29-32(34(40)44-4)22(2)38(33(29)39)24-6-5-7-25(17-24)43-3/h5-18H,19-20H2,1-4H3/b29-18+. The van der Waals surface area contributed by atoms with Gasteiger partial charge in [0.1, 0.15) is 17.3 Å². The van der Waals surface area contributed by atoms with E-state index >= 15 is 0 Å². The highest BCUT2D eigenvalue weighted by atomic mass is 35.5. The van der Waals surface area contributed by atoms with Crippen LogP contribution in [-0.2, 0) is 37.4 Å². The first kappa shape index (κ1) is 33.0. The molecule has 12 heteroatoms. The molecule has 1 aromatic heterocycles. The molecule has 0 aliphatic carbocycles. The fraction of sp³-hybridized carbons (Fsp3) is 0.176. The summed E-state index contributed by atoms with van der Waals surface area (Å²) in [4.78, 5) is 28.1. The molecule has 238 valence electrons. The predicted octanol–water partition coefficient (Wildman–Crippen LogP) is 7.17. The minimum Gasteiger partial charge on any atom is -0.497 e. The van der Waals surface area contributed by atoms with Gasteiger partial charge in [-0.2, -0.15) is 4.31 Å². The van der Waals surface area contributed by atoms with Gasteiger partial charge in [-0.15, -0.1) is 0 Å². The van der Waals surface area contributed by atoms with Crippen molar-refractivity contribution in [3.8, 4) is 5.75 Å². The number of nitrogens with zero attached hydrogens (tertiary/aromatic N) is 2. The molecular formula is C34H30Cl2N2O7S. The Bertz CT molecular complexity index is 1980. The Balaban J connectivity index is 1.49. The summed E-state index contributed by atoms with van der Waals surface area (Å²) in [6.45, 7) is 3.36. The van der Waals surface area contributed by atoms with Gasteiger partial charge in [-0.3, -0.25) is 9.69 Å². The normalized spacial score (nSPS) is 14.5. The fourth-order valence-electron chi connectivity index (χ4n) is 5.04. The molecule has 0 fully saturated rings. The molecule has 3 aromatic carbocycles. The number of esters is 1. The lowest BCUT2D eigenvalue weighted by atomic mass is 10.1. The zero-order valence-corrected chi connectivity index (χ0v) is 27.7. The maximum Gasteiger partial charge on any atom is 0.340 e. The number of ether oxygens (including phenoxy) is 2. The molecule has 0 unspecified atom stereocenters. The Morgan fingerprint density at radius 2 is 1.67 bits per heavy atom. The quantitative estimate of drug-likeness (QED) is 0.129. The SMILES string of the molecule is COC(=O)C1=C(C)N(c2cccc(OC)c2)C(=O)/C1=C/c1ccc(CN(Cc2ccc(Cl)c(Cl)c2)S(=O)(=O)c2ccc(C)cc2)o1. The van der Waals surface area contributed by atoms with E-state index in [4.69, 9.17) is 37.1 Å². The summed E-state index contributed by atoms with van der Waals surface area (Å²) in [6.07, 6.45) is 1.44. The summed E-state index contributed by atoms with van der Waals surface area (Å²) in [6, 6.07) is 21.6. The molecule has 1 aliphatic heterocycles. The van der Waals surface area contributed by atoms with E-state index < -0.39 is 21.9 Å². The van der Waals surface area contributed by atoms with Crippen molar-refractivity contribution in [3.05, 3.63) is 128 Å². The van der Waals surface area contributed by atoms with Crippen LogP contribution in [0.25, 0.3) is 6.08 Å². The first-order valence-electron chi connectivity index (χ1n) is 14.0. The van der Waals surface area contributed by atoms with Crippen LogP contribution in [0, 0.1) is 6.92 Å². The second kappa shape index (κ2) is 13.6. The maximum absolute atomic E-state index is 13.8. The van der Waals surface area contributed by atoms with E-state index in [1.807, 2.05) is 6.92 Å². The van der Waals surface area contributed by atoms with Crippen LogP contribution in [-0.4, -0.2) is 38.8 Å². The predicted molar refractivity (Wildman–Crippen MR) is 176 cm³/mol. The molecule has 0 spiro atoms. The van der Waals surface area contributed by atoms with Gasteiger partial charge in [-0.05, 0) is 74.0 Å². The number of carbonyl (C=O) groups is 2. The number of furan rings is 1. The number of allylic oxidation sites excluding steroid dienone is 1. The summed E-state index contributed by atoms with van der Waals surface area (Å²) in [5.41, 5.74) is 2.56. The molecule has 46 heavy (non-hydrogen) atoms. The molecule has 5 rings (SSSR count). The molecule has 0 saturated carbocycles. The van der Waals surface area contributed by atoms with Crippen molar-refractivity contribution in [2.24, 2.45) is 0 Å². The molecule has 4 aromatic rings. The Labute approximate surface area is 277 Å². The summed E-state index contributed by atoms with van der Waals surface area (Å²) < 4.78 is 45.3. The minimum absolute atomic E-state index is 0.0212. The third-order valence-electron chi connectivity index (χ3n) is 7.40. The molecular weight excluding hydrogens is 651 g/mol. The fourth-order valence-corrected chi connectivity index (χ4v) is 6.76. The third-order valence-corrected chi connectivity index (χ3v) is 9.95. The number of amides is 1. The van der Waals surface area contributed by atoms with Crippen molar-refractivity contribution in [1.82, 2.24) is 4.31 Å². The molecule has 1 aliphatic rings. The van der Waals surface area contributed by atoms with Crippen LogP contribution in [0.5, 0.6) is 5.75 Å². The van der Waals surface area contributed by atoms with Gasteiger partial charge in [0.15, 0.2) is 0 Å². The van der Waals surface area contributed by atoms with Crippen LogP contribution in [0.4, 0.5) is 5.69 Å². The van der Waals surface area contributed by atoms with E-state index in [1.54, 1.807) is 85.8 Å². The van der Waals surface area contributed by atoms with E-state index in [1.165, 1.54) is 29.5 Å². The molecule has 0 radical (unpaired) electrons. The number of hydrogen-bond acceptors (Lipinski definition) is 7. The number of sulfonamides is 1. The number of aryl methyl sites for hydroxylation is 1. The first-order valence-corrected chi connectivity index (χ1v) is 16.2.